The molecule has 1 N–H and O–H groups in total. The van der Waals surface area contributed by atoms with Crippen molar-refractivity contribution < 1.29 is 19.4 Å². The minimum Gasteiger partial charge on any atom is -0.439 e. The summed E-state index contributed by atoms with van der Waals surface area (Å²) in [6.07, 6.45) is -0.310. The SMILES string of the molecule is CCCC(C(O)C(C)C(=O)N1C(=O)OC(c2ccccc2)C1C)N(C)C. The second-order valence-electron chi connectivity index (χ2n) is 7.26. The maximum Gasteiger partial charge on any atom is 0.417 e. The molecule has 0 aliphatic carbocycles. The van der Waals surface area contributed by atoms with Gasteiger partial charge in [0.05, 0.1) is 18.1 Å². The van der Waals surface area contributed by atoms with E-state index in [1.165, 1.54) is 0 Å². The van der Waals surface area contributed by atoms with Gasteiger partial charge in [0.1, 0.15) is 6.10 Å². The Morgan fingerprint density at radius 3 is 2.46 bits per heavy atom. The molecule has 0 saturated carbocycles. The summed E-state index contributed by atoms with van der Waals surface area (Å²) in [6.45, 7) is 5.52. The lowest BCUT2D eigenvalue weighted by atomic mass is 9.92. The van der Waals surface area contributed by atoms with Crippen molar-refractivity contribution in [1.82, 2.24) is 9.80 Å². The smallest absolute Gasteiger partial charge is 0.417 e. The third kappa shape index (κ3) is 4.07. The normalized spacial score (nSPS) is 23.7. The summed E-state index contributed by atoms with van der Waals surface area (Å²) in [7, 11) is 3.78. The van der Waals surface area contributed by atoms with Crippen LogP contribution in [0, 0.1) is 5.92 Å². The average molecular weight is 362 g/mol. The Morgan fingerprint density at radius 1 is 1.31 bits per heavy atom. The monoisotopic (exact) mass is 362 g/mol. The van der Waals surface area contributed by atoms with Crippen molar-refractivity contribution in [3.8, 4) is 0 Å². The number of hydrogen-bond acceptors (Lipinski definition) is 5. The summed E-state index contributed by atoms with van der Waals surface area (Å²) in [5.74, 6) is -1.09. The summed E-state index contributed by atoms with van der Waals surface area (Å²) >= 11 is 0. The van der Waals surface area contributed by atoms with E-state index in [0.29, 0.717) is 0 Å². The van der Waals surface area contributed by atoms with E-state index in [-0.39, 0.29) is 6.04 Å². The molecule has 5 unspecified atom stereocenters. The molecule has 6 heteroatoms. The van der Waals surface area contributed by atoms with E-state index in [9.17, 15) is 14.7 Å². The number of aliphatic hydroxyl groups excluding tert-OH is 1. The van der Waals surface area contributed by atoms with Gasteiger partial charge in [-0.05, 0) is 33.0 Å². The summed E-state index contributed by atoms with van der Waals surface area (Å²) in [4.78, 5) is 28.4. The number of hydrogen-bond donors (Lipinski definition) is 1. The van der Waals surface area contributed by atoms with Crippen molar-refractivity contribution >= 4 is 12.0 Å². The van der Waals surface area contributed by atoms with Gasteiger partial charge in [-0.2, -0.15) is 0 Å². The van der Waals surface area contributed by atoms with E-state index in [1.807, 2.05) is 56.3 Å². The Bertz CT molecular complexity index is 619. The molecule has 0 spiro atoms. The van der Waals surface area contributed by atoms with Crippen LogP contribution in [0.5, 0.6) is 0 Å². The highest BCUT2D eigenvalue weighted by Crippen LogP contribution is 2.33. The molecule has 1 aromatic rings. The van der Waals surface area contributed by atoms with Crippen LogP contribution in [0.1, 0.15) is 45.3 Å². The highest BCUT2D eigenvalue weighted by atomic mass is 16.6. The molecule has 2 rings (SSSR count). The second-order valence-corrected chi connectivity index (χ2v) is 7.26. The zero-order valence-electron chi connectivity index (χ0n) is 16.3. The van der Waals surface area contributed by atoms with Gasteiger partial charge in [-0.3, -0.25) is 4.79 Å². The van der Waals surface area contributed by atoms with Crippen LogP contribution in [0.2, 0.25) is 0 Å². The summed E-state index contributed by atoms with van der Waals surface area (Å²) < 4.78 is 5.45. The fraction of sp³-hybridized carbons (Fsp3) is 0.600. The van der Waals surface area contributed by atoms with Crippen LogP contribution >= 0.6 is 0 Å². The number of carbonyl (C=O) groups excluding carboxylic acids is 2. The molecule has 1 fully saturated rings. The summed E-state index contributed by atoms with van der Waals surface area (Å²) in [6, 6.07) is 8.84. The van der Waals surface area contributed by atoms with Crippen LogP contribution in [0.25, 0.3) is 0 Å². The maximum absolute atomic E-state index is 13.0. The molecule has 144 valence electrons. The molecule has 1 heterocycles. The van der Waals surface area contributed by atoms with Crippen LogP contribution in [0.15, 0.2) is 30.3 Å². The Morgan fingerprint density at radius 2 is 1.92 bits per heavy atom. The highest BCUT2D eigenvalue weighted by molar-refractivity contribution is 5.95. The molecule has 1 aromatic carbocycles. The van der Waals surface area contributed by atoms with Crippen molar-refractivity contribution in [1.29, 1.82) is 0 Å². The molecule has 5 atom stereocenters. The molecule has 2 amide bonds. The van der Waals surface area contributed by atoms with Crippen molar-refractivity contribution in [2.75, 3.05) is 14.1 Å². The van der Waals surface area contributed by atoms with Gasteiger partial charge in [-0.25, -0.2) is 9.69 Å². The highest BCUT2D eigenvalue weighted by Gasteiger charge is 2.46. The molecule has 0 bridgehead atoms. The quantitative estimate of drug-likeness (QED) is 0.808. The van der Waals surface area contributed by atoms with Crippen molar-refractivity contribution in [2.45, 2.75) is 57.9 Å². The Kier molecular flexibility index (Phi) is 6.78. The van der Waals surface area contributed by atoms with E-state index >= 15 is 0 Å². The first-order valence-electron chi connectivity index (χ1n) is 9.22. The van der Waals surface area contributed by atoms with Gasteiger partial charge in [-0.15, -0.1) is 0 Å². The van der Waals surface area contributed by atoms with Crippen molar-refractivity contribution in [2.24, 2.45) is 5.92 Å². The third-order valence-electron chi connectivity index (χ3n) is 5.18. The van der Waals surface area contributed by atoms with Gasteiger partial charge in [0.15, 0.2) is 0 Å². The number of nitrogens with zero attached hydrogens (tertiary/aromatic N) is 2. The van der Waals surface area contributed by atoms with Gasteiger partial charge in [0.2, 0.25) is 5.91 Å². The summed E-state index contributed by atoms with van der Waals surface area (Å²) in [5, 5.41) is 10.7. The number of likely N-dealkylation sites (N-methyl/N-ethyl adjacent to an activating group) is 1. The lowest BCUT2D eigenvalue weighted by Gasteiger charge is -2.33. The number of amides is 2. The van der Waals surface area contributed by atoms with E-state index in [4.69, 9.17) is 4.74 Å². The van der Waals surface area contributed by atoms with E-state index in [2.05, 4.69) is 0 Å². The predicted molar refractivity (Wildman–Crippen MR) is 99.5 cm³/mol. The van der Waals surface area contributed by atoms with Gasteiger partial charge >= 0.3 is 6.09 Å². The molecular weight excluding hydrogens is 332 g/mol. The van der Waals surface area contributed by atoms with Crippen LogP contribution < -0.4 is 0 Å². The summed E-state index contributed by atoms with van der Waals surface area (Å²) in [5.41, 5.74) is 0.856. The van der Waals surface area contributed by atoms with E-state index < -0.39 is 36.2 Å². The van der Waals surface area contributed by atoms with Crippen LogP contribution in [0.4, 0.5) is 4.79 Å². The van der Waals surface area contributed by atoms with E-state index in [1.54, 1.807) is 13.8 Å². The number of imide groups is 1. The Labute approximate surface area is 155 Å². The lowest BCUT2D eigenvalue weighted by molar-refractivity contribution is -0.138. The standard InChI is InChI=1S/C20H30N2O4/c1-6-10-16(21(4)5)17(23)13(2)19(24)22-14(3)18(26-20(22)25)15-11-8-7-9-12-15/h7-9,11-14,16-18,23H,6,10H2,1-5H3. The zero-order chi connectivity index (χ0) is 19.4. The average Bonchev–Trinajstić information content (AvgIpc) is 2.92. The molecule has 6 nitrogen and oxygen atoms in total. The molecule has 1 aliphatic heterocycles. The second kappa shape index (κ2) is 8.64. The third-order valence-corrected chi connectivity index (χ3v) is 5.18. The number of aliphatic hydroxyl groups is 1. The predicted octanol–water partition coefficient (Wildman–Crippen LogP) is 2.82. The van der Waals surface area contributed by atoms with Gasteiger partial charge in [-0.1, -0.05) is 50.6 Å². The first kappa shape index (κ1) is 20.4. The lowest BCUT2D eigenvalue weighted by Crippen LogP contribution is -2.50. The molecule has 0 radical (unpaired) electrons. The fourth-order valence-corrected chi connectivity index (χ4v) is 3.57. The maximum atomic E-state index is 13.0. The molecular formula is C20H30N2O4. The van der Waals surface area contributed by atoms with Crippen LogP contribution in [-0.4, -0.2) is 59.2 Å². The largest absolute Gasteiger partial charge is 0.439 e. The fourth-order valence-electron chi connectivity index (χ4n) is 3.57. The number of benzene rings is 1. The van der Waals surface area contributed by atoms with Crippen LogP contribution in [0.3, 0.4) is 0 Å². The molecule has 0 aromatic heterocycles. The van der Waals surface area contributed by atoms with E-state index in [0.717, 1.165) is 23.3 Å². The minimum atomic E-state index is -0.853. The Balaban J connectivity index is 2.16. The topological polar surface area (TPSA) is 70.1 Å². The number of rotatable bonds is 7. The number of ether oxygens (including phenoxy) is 1. The first-order valence-corrected chi connectivity index (χ1v) is 9.22. The Hall–Kier alpha value is -1.92. The zero-order valence-corrected chi connectivity index (χ0v) is 16.3. The minimum absolute atomic E-state index is 0.141. The molecule has 1 aliphatic rings. The number of cyclic esters (lactones) is 1. The molecule has 1 saturated heterocycles. The van der Waals surface area contributed by atoms with Crippen molar-refractivity contribution in [3.05, 3.63) is 35.9 Å². The van der Waals surface area contributed by atoms with Gasteiger partial charge < -0.3 is 14.7 Å². The van der Waals surface area contributed by atoms with Crippen LogP contribution in [-0.2, 0) is 9.53 Å². The molecule has 26 heavy (non-hydrogen) atoms. The van der Waals surface area contributed by atoms with Crippen molar-refractivity contribution in [3.63, 3.8) is 0 Å². The number of carbonyl (C=O) groups is 2. The first-order chi connectivity index (χ1) is 12.3. The van der Waals surface area contributed by atoms with Gasteiger partial charge in [0.25, 0.3) is 0 Å². The van der Waals surface area contributed by atoms with Gasteiger partial charge in [0, 0.05) is 6.04 Å².